The molecule has 11 heteroatoms. The van der Waals surface area contributed by atoms with Gasteiger partial charge in [0.2, 0.25) is 5.60 Å². The highest BCUT2D eigenvalue weighted by Gasteiger charge is 2.70. The second-order valence-electron chi connectivity index (χ2n) is 10.9. The molecule has 0 aromatic rings. The van der Waals surface area contributed by atoms with Crippen molar-refractivity contribution < 1.29 is 39.2 Å². The predicted molar refractivity (Wildman–Crippen MR) is 145 cm³/mol. The Morgan fingerprint density at radius 3 is 1.68 bits per heavy atom. The summed E-state index contributed by atoms with van der Waals surface area (Å²) in [5, 5.41) is 40.5. The van der Waals surface area contributed by atoms with Gasteiger partial charge in [0.1, 0.15) is 11.5 Å². The Balaban J connectivity index is 7.98. The number of carbonyl (C=O) groups is 4. The molecule has 8 atom stereocenters. The maximum atomic E-state index is 14.7. The fourth-order valence-electron chi connectivity index (χ4n) is 5.04. The van der Waals surface area contributed by atoms with Crippen molar-refractivity contribution in [1.82, 2.24) is 16.0 Å². The third-order valence-corrected chi connectivity index (χ3v) is 7.30. The van der Waals surface area contributed by atoms with E-state index in [1.54, 1.807) is 6.92 Å². The molecule has 0 saturated heterocycles. The number of hydrogen-bond acceptors (Lipinski definition) is 10. The first-order valence-electron chi connectivity index (χ1n) is 13.4. The number of aliphatic hydroxyl groups excluding tert-OH is 2. The van der Waals surface area contributed by atoms with Gasteiger partial charge in [-0.1, -0.05) is 34.1 Å². The van der Waals surface area contributed by atoms with Crippen LogP contribution in [0.2, 0.25) is 0 Å². The van der Waals surface area contributed by atoms with Gasteiger partial charge >= 0.3 is 11.9 Å². The van der Waals surface area contributed by atoms with Crippen LogP contribution in [0.5, 0.6) is 0 Å². The molecule has 0 spiro atoms. The Hall–Kier alpha value is -1.92. The number of rotatable bonds is 19. The molecule has 0 aliphatic rings. The maximum Gasteiger partial charge on any atom is 0.349 e. The van der Waals surface area contributed by atoms with E-state index in [4.69, 9.17) is 4.74 Å². The molecule has 222 valence electrons. The predicted octanol–water partition coefficient (Wildman–Crippen LogP) is 0.896. The number of aliphatic carboxylic acids is 1. The molecule has 0 aromatic carbocycles. The molecule has 0 saturated carbocycles. The number of nitrogens with one attached hydrogen (secondary N) is 3. The van der Waals surface area contributed by atoms with Crippen LogP contribution >= 0.6 is 0 Å². The van der Waals surface area contributed by atoms with Crippen LogP contribution < -0.4 is 16.0 Å². The smallest absolute Gasteiger partial charge is 0.349 e. The Kier molecular flexibility index (Phi) is 14.8. The van der Waals surface area contributed by atoms with Gasteiger partial charge in [-0.25, -0.2) is 4.79 Å². The first-order chi connectivity index (χ1) is 17.5. The summed E-state index contributed by atoms with van der Waals surface area (Å²) in [5.41, 5.74) is -5.37. The lowest BCUT2D eigenvalue weighted by Crippen LogP contribution is -2.71. The minimum Gasteiger partial charge on any atom is -0.478 e. The quantitative estimate of drug-likeness (QED) is 0.100. The number of likely N-dealkylation sites (N-methyl/N-ethyl adjacent to an activating group) is 3. The summed E-state index contributed by atoms with van der Waals surface area (Å²) in [6.45, 7) is 11.5. The molecule has 11 nitrogen and oxygen atoms in total. The van der Waals surface area contributed by atoms with Crippen LogP contribution in [0.25, 0.3) is 0 Å². The summed E-state index contributed by atoms with van der Waals surface area (Å²) in [7, 11) is 4.53. The SMILES string of the molecule is CC[C@@H](C)[C@@H](NC)C(=O)C(CC(C)O)(C(=O)[C@@H](CC(C)C)NC)C(CC(C)O)(OC(=O)[C@@H](C)NC)C(=O)O. The van der Waals surface area contributed by atoms with E-state index in [0.717, 1.165) is 0 Å². The molecule has 0 fully saturated rings. The van der Waals surface area contributed by atoms with Crippen molar-refractivity contribution in [2.24, 2.45) is 17.3 Å². The third-order valence-electron chi connectivity index (χ3n) is 7.30. The molecule has 0 heterocycles. The monoisotopic (exact) mass is 545 g/mol. The van der Waals surface area contributed by atoms with Crippen molar-refractivity contribution in [2.75, 3.05) is 21.1 Å². The van der Waals surface area contributed by atoms with E-state index < -0.39 is 77.7 Å². The van der Waals surface area contributed by atoms with Gasteiger partial charge in [-0.15, -0.1) is 0 Å². The van der Waals surface area contributed by atoms with Crippen LogP contribution in [0.4, 0.5) is 0 Å². The minimum atomic E-state index is -2.82. The van der Waals surface area contributed by atoms with Crippen molar-refractivity contribution in [2.45, 2.75) is 110 Å². The molecule has 0 aliphatic carbocycles. The Morgan fingerprint density at radius 2 is 1.34 bits per heavy atom. The Morgan fingerprint density at radius 1 is 0.816 bits per heavy atom. The van der Waals surface area contributed by atoms with Crippen LogP contribution in [0, 0.1) is 17.3 Å². The highest BCUT2D eigenvalue weighted by atomic mass is 16.6. The van der Waals surface area contributed by atoms with Gasteiger partial charge < -0.3 is 36.0 Å². The summed E-state index contributed by atoms with van der Waals surface area (Å²) in [6, 6.07) is -2.99. The average Bonchev–Trinajstić information content (AvgIpc) is 2.83. The van der Waals surface area contributed by atoms with Crippen LogP contribution in [0.1, 0.15) is 74.1 Å². The van der Waals surface area contributed by atoms with Crippen molar-refractivity contribution in [3.63, 3.8) is 0 Å². The minimum absolute atomic E-state index is 0.0201. The van der Waals surface area contributed by atoms with Crippen molar-refractivity contribution in [3.8, 4) is 0 Å². The molecule has 0 amide bonds. The van der Waals surface area contributed by atoms with E-state index in [1.807, 2.05) is 20.8 Å². The van der Waals surface area contributed by atoms with E-state index in [-0.39, 0.29) is 18.3 Å². The van der Waals surface area contributed by atoms with Gasteiger partial charge in [-0.05, 0) is 66.6 Å². The van der Waals surface area contributed by atoms with Gasteiger partial charge in [-0.2, -0.15) is 0 Å². The Labute approximate surface area is 227 Å². The highest BCUT2D eigenvalue weighted by molar-refractivity contribution is 6.16. The van der Waals surface area contributed by atoms with Gasteiger partial charge in [0.15, 0.2) is 11.6 Å². The van der Waals surface area contributed by atoms with Gasteiger partial charge in [0, 0.05) is 6.42 Å². The zero-order chi connectivity index (χ0) is 30.0. The van der Waals surface area contributed by atoms with E-state index in [2.05, 4.69) is 16.0 Å². The normalized spacial score (nSPS) is 19.8. The zero-order valence-corrected chi connectivity index (χ0v) is 24.8. The molecule has 0 rings (SSSR count). The largest absolute Gasteiger partial charge is 0.478 e. The average molecular weight is 546 g/mol. The number of carboxylic acids is 1. The van der Waals surface area contributed by atoms with Gasteiger partial charge in [-0.3, -0.25) is 14.4 Å². The summed E-state index contributed by atoms with van der Waals surface area (Å²) in [4.78, 5) is 55.7. The van der Waals surface area contributed by atoms with Crippen LogP contribution in [0.3, 0.4) is 0 Å². The van der Waals surface area contributed by atoms with Crippen LogP contribution in [-0.2, 0) is 23.9 Å². The number of hydrogen-bond donors (Lipinski definition) is 6. The Bertz CT molecular complexity index is 803. The second kappa shape index (κ2) is 15.6. The van der Waals surface area contributed by atoms with E-state index in [1.165, 1.54) is 41.9 Å². The van der Waals surface area contributed by atoms with Crippen molar-refractivity contribution >= 4 is 23.5 Å². The number of carboxylic acid groups (broad SMARTS) is 1. The van der Waals surface area contributed by atoms with Gasteiger partial charge in [0.25, 0.3) is 0 Å². The van der Waals surface area contributed by atoms with E-state index in [0.29, 0.717) is 6.42 Å². The molecule has 0 radical (unpaired) electrons. The fraction of sp³-hybridized carbons (Fsp3) is 0.852. The zero-order valence-electron chi connectivity index (χ0n) is 24.8. The topological polar surface area (TPSA) is 174 Å². The molecule has 0 bridgehead atoms. The fourth-order valence-corrected chi connectivity index (χ4v) is 5.04. The number of carbonyl (C=O) groups excluding carboxylic acids is 3. The molecule has 0 aromatic heterocycles. The number of Topliss-reactive ketones (excluding diaryl/α,β-unsaturated/α-hetero) is 2. The highest BCUT2D eigenvalue weighted by Crippen LogP contribution is 2.47. The van der Waals surface area contributed by atoms with Crippen molar-refractivity contribution in [3.05, 3.63) is 0 Å². The molecular formula is C27H51N3O8. The van der Waals surface area contributed by atoms with Crippen LogP contribution in [-0.4, -0.2) is 95.9 Å². The number of aliphatic hydroxyl groups is 2. The van der Waals surface area contributed by atoms with Crippen LogP contribution in [0.15, 0.2) is 0 Å². The first-order valence-corrected chi connectivity index (χ1v) is 13.4. The lowest BCUT2D eigenvalue weighted by Gasteiger charge is -2.49. The summed E-state index contributed by atoms with van der Waals surface area (Å²) < 4.78 is 5.71. The van der Waals surface area contributed by atoms with Crippen molar-refractivity contribution in [1.29, 1.82) is 0 Å². The van der Waals surface area contributed by atoms with E-state index in [9.17, 15) is 34.5 Å². The summed E-state index contributed by atoms with van der Waals surface area (Å²) >= 11 is 0. The molecular weight excluding hydrogens is 494 g/mol. The lowest BCUT2D eigenvalue weighted by atomic mass is 9.57. The molecule has 4 unspecified atom stereocenters. The maximum absolute atomic E-state index is 14.7. The summed E-state index contributed by atoms with van der Waals surface area (Å²) in [6.07, 6.45) is -3.32. The lowest BCUT2D eigenvalue weighted by molar-refractivity contribution is -0.209. The standard InChI is InChI=1S/C27H51N3O8/c1-11-16(4)21(30-10)23(34)26(13-17(5)31,22(33)20(29-9)12-15(2)3)27(25(36)37,14-18(6)32)38-24(35)19(7)28-8/h15-21,28-32H,11-14H2,1-10H3,(H,36,37)/t16-,17?,18?,19-,20-,21-,26?,27?/m1/s1. The number of ether oxygens (including phenoxy) is 1. The molecule has 38 heavy (non-hydrogen) atoms. The number of esters is 1. The third kappa shape index (κ3) is 8.05. The second-order valence-corrected chi connectivity index (χ2v) is 10.9. The molecule has 0 aliphatic heterocycles. The van der Waals surface area contributed by atoms with E-state index >= 15 is 0 Å². The van der Waals surface area contributed by atoms with Gasteiger partial charge in [0.05, 0.1) is 24.3 Å². The molecule has 6 N–H and O–H groups in total. The first kappa shape index (κ1) is 36.1. The number of ketones is 2. The summed E-state index contributed by atoms with van der Waals surface area (Å²) in [5.74, 6) is -4.74.